The number of nitrogens with zero attached hydrogens (tertiary/aromatic N) is 4. The zero-order valence-corrected chi connectivity index (χ0v) is 14.4. The van der Waals surface area contributed by atoms with Crippen molar-refractivity contribution in [1.82, 2.24) is 20.2 Å². The lowest BCUT2D eigenvalue weighted by Gasteiger charge is -2.26. The normalized spacial score (nSPS) is 19.5. The second-order valence-corrected chi connectivity index (χ2v) is 6.71. The molecule has 5 rings (SSSR count). The number of halogens is 1. The molecule has 1 fully saturated rings. The summed E-state index contributed by atoms with van der Waals surface area (Å²) < 4.78 is 19.7. The summed E-state index contributed by atoms with van der Waals surface area (Å²) in [5.74, 6) is 0.481. The molecule has 0 spiro atoms. The van der Waals surface area contributed by atoms with Crippen LogP contribution in [0.25, 0.3) is 11.0 Å². The molecule has 0 aliphatic carbocycles. The van der Waals surface area contributed by atoms with E-state index < -0.39 is 5.82 Å². The van der Waals surface area contributed by atoms with E-state index in [0.29, 0.717) is 22.8 Å². The highest BCUT2D eigenvalue weighted by molar-refractivity contribution is 5.95. The molecule has 2 N–H and O–H groups in total. The van der Waals surface area contributed by atoms with Crippen LogP contribution in [0.1, 0.15) is 30.9 Å². The largest absolute Gasteiger partial charge is 0.477 e. The van der Waals surface area contributed by atoms with Crippen molar-refractivity contribution >= 4 is 28.4 Å². The Morgan fingerprint density at radius 1 is 1.26 bits per heavy atom. The second-order valence-electron chi connectivity index (χ2n) is 6.71. The first-order valence-electron chi connectivity index (χ1n) is 8.88. The minimum atomic E-state index is -0.415. The highest BCUT2D eigenvalue weighted by Gasteiger charge is 2.32. The van der Waals surface area contributed by atoms with Gasteiger partial charge in [0.1, 0.15) is 5.82 Å². The molecule has 0 unspecified atom stereocenters. The number of amides is 1. The SMILES string of the molecule is O=C1CCOc2ncc(F)cc2[C@H]2CCCN2c2n[nH]c3ncc(cc23)N1. The number of H-pyrrole nitrogens is 1. The molecule has 3 aromatic heterocycles. The average Bonchev–Trinajstić information content (AvgIpc) is 3.28. The molecule has 2 bridgehead atoms. The van der Waals surface area contributed by atoms with Gasteiger partial charge in [0.15, 0.2) is 11.5 Å². The summed E-state index contributed by atoms with van der Waals surface area (Å²) >= 11 is 0. The lowest BCUT2D eigenvalue weighted by molar-refractivity contribution is -0.116. The van der Waals surface area contributed by atoms with E-state index in [4.69, 9.17) is 4.74 Å². The number of carbonyl (C=O) groups excluding carboxylic acids is 1. The van der Waals surface area contributed by atoms with Crippen LogP contribution in [0.2, 0.25) is 0 Å². The molecular weight excluding hydrogens is 351 g/mol. The maximum absolute atomic E-state index is 13.9. The number of fused-ring (bicyclic) bond motifs is 5. The quantitative estimate of drug-likeness (QED) is 0.633. The van der Waals surface area contributed by atoms with Crippen molar-refractivity contribution < 1.29 is 13.9 Å². The first-order chi connectivity index (χ1) is 13.2. The molecule has 2 aliphatic heterocycles. The molecule has 0 aromatic carbocycles. The van der Waals surface area contributed by atoms with Crippen molar-refractivity contribution in [2.75, 3.05) is 23.4 Å². The predicted molar refractivity (Wildman–Crippen MR) is 96.1 cm³/mol. The topological polar surface area (TPSA) is 96.0 Å². The molecule has 0 radical (unpaired) electrons. The van der Waals surface area contributed by atoms with Gasteiger partial charge < -0.3 is 15.0 Å². The van der Waals surface area contributed by atoms with Gasteiger partial charge in [-0.05, 0) is 25.0 Å². The fourth-order valence-electron chi connectivity index (χ4n) is 3.79. The fraction of sp³-hybridized carbons (Fsp3) is 0.333. The maximum atomic E-state index is 13.9. The number of aromatic amines is 1. The van der Waals surface area contributed by atoms with Crippen molar-refractivity contribution in [2.45, 2.75) is 25.3 Å². The first kappa shape index (κ1) is 16.0. The zero-order valence-electron chi connectivity index (χ0n) is 14.4. The molecule has 0 saturated carbocycles. The summed E-state index contributed by atoms with van der Waals surface area (Å²) in [4.78, 5) is 22.8. The second kappa shape index (κ2) is 6.19. The van der Waals surface area contributed by atoms with Crippen LogP contribution in [0.5, 0.6) is 5.88 Å². The number of anilines is 2. The zero-order chi connectivity index (χ0) is 18.4. The van der Waals surface area contributed by atoms with Crippen LogP contribution < -0.4 is 15.0 Å². The third kappa shape index (κ3) is 2.75. The summed E-state index contributed by atoms with van der Waals surface area (Å²) in [6, 6.07) is 3.21. The molecule has 5 heterocycles. The Balaban J connectivity index is 1.68. The van der Waals surface area contributed by atoms with E-state index in [-0.39, 0.29) is 25.0 Å². The number of pyridine rings is 2. The summed E-state index contributed by atoms with van der Waals surface area (Å²) in [5.41, 5.74) is 1.91. The van der Waals surface area contributed by atoms with Crippen molar-refractivity contribution in [1.29, 1.82) is 0 Å². The molecule has 1 amide bonds. The summed E-state index contributed by atoms with van der Waals surface area (Å²) in [5, 5.41) is 11.0. The average molecular weight is 368 g/mol. The van der Waals surface area contributed by atoms with Gasteiger partial charge in [0.25, 0.3) is 0 Å². The van der Waals surface area contributed by atoms with Gasteiger partial charge in [-0.25, -0.2) is 14.4 Å². The van der Waals surface area contributed by atoms with E-state index in [9.17, 15) is 9.18 Å². The van der Waals surface area contributed by atoms with Gasteiger partial charge in [0, 0.05) is 12.1 Å². The van der Waals surface area contributed by atoms with Gasteiger partial charge in [0.2, 0.25) is 11.8 Å². The Kier molecular flexibility index (Phi) is 3.66. The van der Waals surface area contributed by atoms with E-state index in [2.05, 4.69) is 30.4 Å². The number of ether oxygens (including phenoxy) is 1. The fourth-order valence-corrected chi connectivity index (χ4v) is 3.79. The molecule has 2 aliphatic rings. The molecule has 1 saturated heterocycles. The van der Waals surface area contributed by atoms with Crippen molar-refractivity contribution in [3.05, 3.63) is 35.9 Å². The lowest BCUT2D eigenvalue weighted by atomic mass is 10.1. The molecular formula is C18H17FN6O2. The Bertz CT molecular complexity index is 1040. The minimum Gasteiger partial charge on any atom is -0.477 e. The van der Waals surface area contributed by atoms with E-state index in [1.54, 1.807) is 6.20 Å². The van der Waals surface area contributed by atoms with Gasteiger partial charge in [0.05, 0.1) is 42.5 Å². The van der Waals surface area contributed by atoms with E-state index in [1.165, 1.54) is 6.07 Å². The smallest absolute Gasteiger partial charge is 0.227 e. The van der Waals surface area contributed by atoms with Gasteiger partial charge >= 0.3 is 0 Å². The molecule has 3 aromatic rings. The summed E-state index contributed by atoms with van der Waals surface area (Å²) in [6.45, 7) is 0.933. The van der Waals surface area contributed by atoms with E-state index in [0.717, 1.165) is 36.8 Å². The van der Waals surface area contributed by atoms with Crippen molar-refractivity contribution in [3.63, 3.8) is 0 Å². The highest BCUT2D eigenvalue weighted by Crippen LogP contribution is 2.41. The van der Waals surface area contributed by atoms with Crippen LogP contribution in [-0.2, 0) is 4.79 Å². The standard InChI is InChI=1S/C18H17FN6O2/c19-10-6-12-14-2-1-4-25(14)17-13-7-11(9-20-16(13)23-24-17)22-15(26)3-5-27-18(12)21-8-10/h6-9,14H,1-5H2,(H,22,26)(H,20,23,24)/t14-/m1/s1. The molecule has 8 nitrogen and oxygen atoms in total. The molecule has 9 heteroatoms. The molecule has 27 heavy (non-hydrogen) atoms. The van der Waals surface area contributed by atoms with Crippen LogP contribution >= 0.6 is 0 Å². The predicted octanol–water partition coefficient (Wildman–Crippen LogP) is 2.55. The third-order valence-corrected chi connectivity index (χ3v) is 4.98. The number of carbonyl (C=O) groups is 1. The van der Waals surface area contributed by atoms with Gasteiger partial charge in [-0.3, -0.25) is 9.89 Å². The Labute approximate surface area is 153 Å². The Morgan fingerprint density at radius 2 is 2.19 bits per heavy atom. The van der Waals surface area contributed by atoms with Gasteiger partial charge in [-0.1, -0.05) is 0 Å². The molecule has 1 atom stereocenters. The number of hydrogen-bond donors (Lipinski definition) is 2. The van der Waals surface area contributed by atoms with Crippen LogP contribution in [0.4, 0.5) is 15.9 Å². The number of nitrogens with one attached hydrogen (secondary N) is 2. The number of rotatable bonds is 0. The van der Waals surface area contributed by atoms with Crippen molar-refractivity contribution in [3.8, 4) is 5.88 Å². The van der Waals surface area contributed by atoms with Crippen molar-refractivity contribution in [2.24, 2.45) is 0 Å². The Morgan fingerprint density at radius 3 is 3.11 bits per heavy atom. The summed E-state index contributed by atoms with van der Waals surface area (Å²) in [6.07, 6.45) is 4.66. The van der Waals surface area contributed by atoms with Crippen LogP contribution in [0.15, 0.2) is 24.5 Å². The monoisotopic (exact) mass is 368 g/mol. The molecule has 138 valence electrons. The van der Waals surface area contributed by atoms with Crippen LogP contribution in [0, 0.1) is 5.82 Å². The third-order valence-electron chi connectivity index (χ3n) is 4.98. The summed E-state index contributed by atoms with van der Waals surface area (Å²) in [7, 11) is 0. The van der Waals surface area contributed by atoms with Crippen LogP contribution in [0.3, 0.4) is 0 Å². The van der Waals surface area contributed by atoms with E-state index in [1.807, 2.05) is 6.07 Å². The number of hydrogen-bond acceptors (Lipinski definition) is 6. The maximum Gasteiger partial charge on any atom is 0.227 e. The lowest BCUT2D eigenvalue weighted by Crippen LogP contribution is -2.24. The Hall–Kier alpha value is -3.23. The number of aromatic nitrogens is 4. The first-order valence-corrected chi connectivity index (χ1v) is 8.88. The van der Waals surface area contributed by atoms with Gasteiger partial charge in [-0.15, -0.1) is 0 Å². The van der Waals surface area contributed by atoms with E-state index >= 15 is 0 Å². The highest BCUT2D eigenvalue weighted by atomic mass is 19.1. The van der Waals surface area contributed by atoms with Gasteiger partial charge in [-0.2, -0.15) is 5.10 Å². The minimum absolute atomic E-state index is 0.109. The van der Waals surface area contributed by atoms with Crippen LogP contribution in [-0.4, -0.2) is 39.2 Å².